The van der Waals surface area contributed by atoms with Gasteiger partial charge in [-0.1, -0.05) is 152 Å². The van der Waals surface area contributed by atoms with Crippen LogP contribution in [0.2, 0.25) is 0 Å². The Morgan fingerprint density at radius 3 is 1.89 bits per heavy atom. The fourth-order valence-corrected chi connectivity index (χ4v) is 16.6. The highest BCUT2D eigenvalue weighted by Crippen LogP contribution is 2.37. The van der Waals surface area contributed by atoms with Crippen molar-refractivity contribution in [1.82, 2.24) is 25.3 Å². The van der Waals surface area contributed by atoms with Crippen molar-refractivity contribution in [2.75, 3.05) is 85.1 Å². The third-order valence-corrected chi connectivity index (χ3v) is 23.0. The van der Waals surface area contributed by atoms with Gasteiger partial charge in [-0.3, -0.25) is 52.8 Å². The molecule has 0 spiro atoms. The number of anilines is 2. The first-order valence-corrected chi connectivity index (χ1v) is 41.4. The van der Waals surface area contributed by atoms with Gasteiger partial charge in [-0.15, -0.1) is 0 Å². The van der Waals surface area contributed by atoms with Crippen LogP contribution in [0.3, 0.4) is 0 Å². The number of primary amides is 1. The van der Waals surface area contributed by atoms with Gasteiger partial charge in [-0.25, -0.2) is 4.79 Å². The maximum absolute atomic E-state index is 14.9. The second-order valence-corrected chi connectivity index (χ2v) is 32.6. The number of urea groups is 1. The molecule has 114 heavy (non-hydrogen) atoms. The first-order valence-electron chi connectivity index (χ1n) is 41.4. The van der Waals surface area contributed by atoms with Gasteiger partial charge >= 0.3 is 6.03 Å². The standard InChI is InChI=1S/C91H128N8O15/c1-60(2)74(56-73(101)46-50-114-52-51-113-49-26-35-72(100)34-23-39-83(105)99-59-69-33-20-19-29-66(69)42-43-67-30-21-22-37-77(67)99)89(108)95-76(36-24-47-93-91(92)110)80(103)54-65-40-44-71(45-41-65)94-88(107)70(53-64-27-15-13-16-28-64)55-79(102)63(7)87(112-12)78-38-25-48-98(78)84(106)58-82(111-11)86(68-31-17-14-18-32-68)97(10)90(109)75(61(3)4)57-81(104)85(62(5)6)96(8)9/h13,15-16,19-22,27-30,33,37,40-41,44-45,60-63,68,70,74-76,78,82,85-87H,14,17-18,23-26,31-32,34-36,38-39,46-59H2,1-12H3,(H,94,107)(H,95,108)(H3,92,93,110)/t63-,70+,74-,75-,76?,78-,82+,85-,86-,87+/m0/s1. The first-order chi connectivity index (χ1) is 54.6. The van der Waals surface area contributed by atoms with Gasteiger partial charge in [0, 0.05) is 133 Å². The molecule has 622 valence electrons. The highest BCUT2D eigenvalue weighted by molar-refractivity contribution is 5.98. The van der Waals surface area contributed by atoms with E-state index < -0.39 is 71.9 Å². The summed E-state index contributed by atoms with van der Waals surface area (Å²) in [6, 6.07) is 28.7. The molecule has 2 aliphatic heterocycles. The van der Waals surface area contributed by atoms with Crippen LogP contribution in [0.15, 0.2) is 103 Å². The van der Waals surface area contributed by atoms with Gasteiger partial charge in [0.1, 0.15) is 17.3 Å². The summed E-state index contributed by atoms with van der Waals surface area (Å²) in [6.07, 6.45) is 7.07. The van der Waals surface area contributed by atoms with Crippen LogP contribution in [0.4, 0.5) is 16.2 Å². The number of hydrogen-bond acceptors (Lipinski definition) is 16. The van der Waals surface area contributed by atoms with Gasteiger partial charge in [0.25, 0.3) is 0 Å². The molecule has 7 amide bonds. The van der Waals surface area contributed by atoms with E-state index in [9.17, 15) is 52.7 Å². The zero-order valence-electron chi connectivity index (χ0n) is 69.7. The molecule has 1 saturated heterocycles. The van der Waals surface area contributed by atoms with E-state index in [1.807, 2.05) is 151 Å². The lowest BCUT2D eigenvalue weighted by Gasteiger charge is -2.43. The molecule has 5 N–H and O–H groups in total. The smallest absolute Gasteiger partial charge is 0.312 e. The van der Waals surface area contributed by atoms with E-state index in [0.29, 0.717) is 69.5 Å². The number of amides is 7. The monoisotopic (exact) mass is 1570 g/mol. The molecule has 1 aliphatic carbocycles. The number of carbonyl (C=O) groups is 11. The van der Waals surface area contributed by atoms with E-state index in [1.54, 1.807) is 55.2 Å². The minimum Gasteiger partial charge on any atom is -0.379 e. The van der Waals surface area contributed by atoms with Crippen molar-refractivity contribution in [2.45, 2.75) is 226 Å². The van der Waals surface area contributed by atoms with Crippen LogP contribution in [0.5, 0.6) is 0 Å². The number of likely N-dealkylation sites (tertiary alicyclic amines) is 1. The van der Waals surface area contributed by atoms with Gasteiger partial charge in [0.15, 0.2) is 11.6 Å². The van der Waals surface area contributed by atoms with Crippen LogP contribution >= 0.6 is 0 Å². The summed E-state index contributed by atoms with van der Waals surface area (Å²) in [5.41, 5.74) is 10.6. The SMILES string of the molecule is CO[C@H]([C@@H](C)C(=O)C[C@@H](Cc1ccccc1)C(=O)Nc1ccc(CC(=O)C(CCCNC(N)=O)NC(=O)[C@@H](CC(=O)CCOCCOCCCC(=O)CCCC(=O)N2Cc3ccccc3C#Cc3ccccc32)C(C)C)cc1)[C@@H]1CCCN1C(=O)C[C@@H](OC)[C@H](C1CCCCC1)N(C)C(=O)[C@@H](CC(=O)[C@H](C(C)C)N(C)C)C(C)C. The third kappa shape index (κ3) is 28.3. The lowest BCUT2D eigenvalue weighted by Crippen LogP contribution is -2.55. The predicted octanol–water partition coefficient (Wildman–Crippen LogP) is 11.9. The number of methoxy groups -OCH3 is 2. The van der Waals surface area contributed by atoms with Crippen molar-refractivity contribution >= 4 is 75.9 Å². The second-order valence-electron chi connectivity index (χ2n) is 32.6. The number of nitrogens with zero attached hydrogens (tertiary/aromatic N) is 4. The molecule has 23 nitrogen and oxygen atoms in total. The Morgan fingerprint density at radius 2 is 1.23 bits per heavy atom. The summed E-state index contributed by atoms with van der Waals surface area (Å²) in [6.45, 7) is 15.4. The van der Waals surface area contributed by atoms with E-state index in [4.69, 9.17) is 24.7 Å². The Balaban J connectivity index is 0.885. The predicted molar refractivity (Wildman–Crippen MR) is 442 cm³/mol. The molecule has 0 bridgehead atoms. The Bertz CT molecular complexity index is 3870. The number of rotatable bonds is 49. The van der Waals surface area contributed by atoms with Crippen molar-refractivity contribution in [1.29, 1.82) is 0 Å². The summed E-state index contributed by atoms with van der Waals surface area (Å²) >= 11 is 0. The number of nitrogens with two attached hydrogens (primary N) is 1. The molecular formula is C91H128N8O15. The topological polar surface area (TPSA) is 300 Å². The van der Waals surface area contributed by atoms with Gasteiger partial charge in [-0.05, 0) is 143 Å². The van der Waals surface area contributed by atoms with E-state index >= 15 is 0 Å². The first kappa shape index (κ1) is 92.4. The van der Waals surface area contributed by atoms with E-state index in [1.165, 1.54) is 0 Å². The number of fused-ring (bicyclic) bond motifs is 2. The highest BCUT2D eigenvalue weighted by Gasteiger charge is 2.45. The lowest BCUT2D eigenvalue weighted by molar-refractivity contribution is -0.150. The van der Waals surface area contributed by atoms with Gasteiger partial charge in [0.2, 0.25) is 29.5 Å². The van der Waals surface area contributed by atoms with Crippen molar-refractivity contribution in [3.63, 3.8) is 0 Å². The van der Waals surface area contributed by atoms with E-state index in [-0.39, 0.29) is 167 Å². The molecule has 1 saturated carbocycles. The fourth-order valence-electron chi connectivity index (χ4n) is 16.6. The minimum atomic E-state index is -0.986. The molecule has 0 aromatic heterocycles. The van der Waals surface area contributed by atoms with Gasteiger partial charge < -0.3 is 55.3 Å². The van der Waals surface area contributed by atoms with Gasteiger partial charge in [-0.2, -0.15) is 0 Å². The molecule has 4 aromatic rings. The zero-order valence-corrected chi connectivity index (χ0v) is 69.7. The number of carbonyl (C=O) groups excluding carboxylic acids is 11. The molecular weight excluding hydrogens is 1450 g/mol. The maximum Gasteiger partial charge on any atom is 0.312 e. The van der Waals surface area contributed by atoms with Crippen LogP contribution in [0.1, 0.15) is 198 Å². The van der Waals surface area contributed by atoms with Crippen LogP contribution in [0, 0.1) is 59.2 Å². The van der Waals surface area contributed by atoms with Gasteiger partial charge in [0.05, 0.1) is 74.8 Å². The zero-order chi connectivity index (χ0) is 83.0. The van der Waals surface area contributed by atoms with E-state index in [0.717, 1.165) is 60.0 Å². The van der Waals surface area contributed by atoms with Crippen molar-refractivity contribution in [3.8, 4) is 11.8 Å². The molecule has 3 aliphatic rings. The van der Waals surface area contributed by atoms with Crippen molar-refractivity contribution < 1.29 is 71.7 Å². The van der Waals surface area contributed by atoms with E-state index in [2.05, 4.69) is 27.8 Å². The average molecular weight is 1570 g/mol. The van der Waals surface area contributed by atoms with Crippen molar-refractivity contribution in [2.24, 2.45) is 53.1 Å². The molecule has 23 heteroatoms. The maximum atomic E-state index is 14.9. The molecule has 10 atom stereocenters. The minimum absolute atomic E-state index is 0.00285. The number of hydrogen-bond donors (Lipinski definition) is 4. The largest absolute Gasteiger partial charge is 0.379 e. The summed E-state index contributed by atoms with van der Waals surface area (Å²) < 4.78 is 23.9. The molecule has 7 rings (SSSR count). The summed E-state index contributed by atoms with van der Waals surface area (Å²) in [5.74, 6) is 1.47. The van der Waals surface area contributed by atoms with Crippen LogP contribution in [0.25, 0.3) is 0 Å². The fraction of sp³-hybridized carbons (Fsp3) is 0.593. The second kappa shape index (κ2) is 47.3. The number of benzene rings is 4. The van der Waals surface area contributed by atoms with Crippen LogP contribution < -0.4 is 26.6 Å². The Hall–Kier alpha value is -8.79. The number of ketones is 5. The Morgan fingerprint density at radius 1 is 0.579 bits per heavy atom. The number of likely N-dealkylation sites (N-methyl/N-ethyl adjacent to an activating group) is 2. The molecule has 4 aromatic carbocycles. The molecule has 0 radical (unpaired) electrons. The Labute approximate surface area is 676 Å². The molecule has 1 unspecified atom stereocenters. The summed E-state index contributed by atoms with van der Waals surface area (Å²) in [4.78, 5) is 160. The lowest BCUT2D eigenvalue weighted by atomic mass is 9.79. The Kier molecular flexibility index (Phi) is 38.3. The molecule has 2 fully saturated rings. The molecule has 2 heterocycles. The number of para-hydroxylation sites is 1. The van der Waals surface area contributed by atoms with Crippen LogP contribution in [-0.4, -0.2) is 190 Å². The average Bonchev–Trinajstić information content (AvgIpc) is 0.812. The van der Waals surface area contributed by atoms with Crippen LogP contribution in [-0.2, 0) is 86.3 Å². The quantitative estimate of drug-likeness (QED) is 0.0236. The summed E-state index contributed by atoms with van der Waals surface area (Å²) in [7, 11) is 8.73. The summed E-state index contributed by atoms with van der Waals surface area (Å²) in [5, 5.41) is 8.47. The number of Topliss-reactive ketones (excluding diaryl/α,β-unsaturated/α-hetero) is 5. The third-order valence-electron chi connectivity index (χ3n) is 23.0. The van der Waals surface area contributed by atoms with Crippen molar-refractivity contribution in [3.05, 3.63) is 131 Å². The highest BCUT2D eigenvalue weighted by atomic mass is 16.5. The number of ether oxygens (including phenoxy) is 4. The normalized spacial score (nSPS) is 16.6. The number of nitrogens with one attached hydrogen (secondary N) is 3.